The molecule has 104 valence electrons. The van der Waals surface area contributed by atoms with Gasteiger partial charge in [-0.2, -0.15) is 15.6 Å². The molecule has 0 atom stereocenters. The topological polar surface area (TPSA) is 50.5 Å². The zero-order valence-electron chi connectivity index (χ0n) is 10.6. The summed E-state index contributed by atoms with van der Waals surface area (Å²) >= 11 is 7.20. The first-order valence-corrected chi connectivity index (χ1v) is 8.49. The monoisotopic (exact) mass is 319 g/mol. The third-order valence-electron chi connectivity index (χ3n) is 2.73. The molecule has 0 aliphatic heterocycles. The zero-order chi connectivity index (χ0) is 14.0. The first-order valence-electron chi connectivity index (χ1n) is 5.58. The fourth-order valence-corrected chi connectivity index (χ4v) is 3.87. The van der Waals surface area contributed by atoms with Crippen LogP contribution in [0.4, 0.5) is 0 Å². The van der Waals surface area contributed by atoms with Crippen molar-refractivity contribution in [3.8, 4) is 0 Å². The van der Waals surface area contributed by atoms with Gasteiger partial charge in [-0.15, -0.1) is 11.6 Å². The van der Waals surface area contributed by atoms with Crippen LogP contribution in [-0.2, 0) is 22.4 Å². The van der Waals surface area contributed by atoms with Crippen LogP contribution in [-0.4, -0.2) is 19.8 Å². The van der Waals surface area contributed by atoms with Crippen LogP contribution in [0.3, 0.4) is 0 Å². The minimum absolute atomic E-state index is 0.157. The molecule has 0 saturated carbocycles. The molecule has 0 unspecified atom stereocenters. The van der Waals surface area contributed by atoms with Gasteiger partial charge in [0.25, 0.3) is 0 Å². The zero-order valence-corrected chi connectivity index (χ0v) is 13.0. The number of hydrogen-bond donors (Lipinski definition) is 0. The average Bonchev–Trinajstić information content (AvgIpc) is 2.98. The van der Waals surface area contributed by atoms with Crippen molar-refractivity contribution in [1.29, 1.82) is 0 Å². The number of alkyl halides is 1. The second-order valence-electron chi connectivity index (χ2n) is 4.16. The maximum absolute atomic E-state index is 12.4. The van der Waals surface area contributed by atoms with E-state index in [9.17, 15) is 8.42 Å². The first-order chi connectivity index (χ1) is 8.95. The van der Waals surface area contributed by atoms with E-state index in [4.69, 9.17) is 16.0 Å². The van der Waals surface area contributed by atoms with Gasteiger partial charge in [0, 0.05) is 19.7 Å². The molecular formula is C12H14ClNO3S2. The van der Waals surface area contributed by atoms with Crippen molar-refractivity contribution in [2.45, 2.75) is 24.2 Å². The molecule has 4 nitrogen and oxygen atoms in total. The molecule has 0 aromatic carbocycles. The number of rotatable bonds is 5. The molecule has 7 heteroatoms. The molecule has 0 spiro atoms. The fourth-order valence-electron chi connectivity index (χ4n) is 1.74. The molecule has 2 aromatic rings. The molecule has 0 amide bonds. The predicted octanol–water partition coefficient (Wildman–Crippen LogP) is 3.21. The molecule has 0 radical (unpaired) electrons. The van der Waals surface area contributed by atoms with Gasteiger partial charge in [-0.3, -0.25) is 0 Å². The van der Waals surface area contributed by atoms with Crippen molar-refractivity contribution in [3.05, 3.63) is 40.0 Å². The molecule has 2 aromatic heterocycles. The Kier molecular flexibility index (Phi) is 4.35. The number of thiophene rings is 1. The summed E-state index contributed by atoms with van der Waals surface area (Å²) in [5, 5.41) is 3.85. The van der Waals surface area contributed by atoms with Gasteiger partial charge in [0.05, 0.1) is 5.88 Å². The lowest BCUT2D eigenvalue weighted by molar-refractivity contribution is 0.459. The van der Waals surface area contributed by atoms with E-state index in [1.54, 1.807) is 25.3 Å². The van der Waals surface area contributed by atoms with Crippen molar-refractivity contribution in [2.24, 2.45) is 0 Å². The van der Waals surface area contributed by atoms with Crippen LogP contribution < -0.4 is 0 Å². The van der Waals surface area contributed by atoms with Gasteiger partial charge < -0.3 is 4.42 Å². The van der Waals surface area contributed by atoms with Crippen molar-refractivity contribution >= 4 is 33.0 Å². The summed E-state index contributed by atoms with van der Waals surface area (Å²) < 4.78 is 31.5. The van der Waals surface area contributed by atoms with Crippen LogP contribution in [0, 0.1) is 6.92 Å². The molecule has 19 heavy (non-hydrogen) atoms. The Bertz CT molecular complexity index is 647. The van der Waals surface area contributed by atoms with Gasteiger partial charge in [0.2, 0.25) is 10.0 Å². The van der Waals surface area contributed by atoms with Gasteiger partial charge in [-0.25, -0.2) is 8.42 Å². The summed E-state index contributed by atoms with van der Waals surface area (Å²) in [5.41, 5.74) is 0.967. The number of furan rings is 1. The van der Waals surface area contributed by atoms with Crippen molar-refractivity contribution in [2.75, 3.05) is 7.05 Å². The van der Waals surface area contributed by atoms with Crippen LogP contribution in [0.25, 0.3) is 0 Å². The predicted molar refractivity (Wildman–Crippen MR) is 76.0 cm³/mol. The fraction of sp³-hybridized carbons (Fsp3) is 0.333. The van der Waals surface area contributed by atoms with Crippen molar-refractivity contribution in [1.82, 2.24) is 4.31 Å². The molecule has 0 fully saturated rings. The SMILES string of the molecule is Cc1oc(CCl)cc1S(=O)(=O)N(C)Cc1ccsc1. The Morgan fingerprint density at radius 2 is 2.21 bits per heavy atom. The highest BCUT2D eigenvalue weighted by Crippen LogP contribution is 2.25. The van der Waals surface area contributed by atoms with E-state index in [-0.39, 0.29) is 10.8 Å². The van der Waals surface area contributed by atoms with Crippen LogP contribution in [0.1, 0.15) is 17.1 Å². The lowest BCUT2D eigenvalue weighted by Gasteiger charge is -2.15. The van der Waals surface area contributed by atoms with Crippen molar-refractivity contribution in [3.63, 3.8) is 0 Å². The number of nitrogens with zero attached hydrogens (tertiary/aromatic N) is 1. The molecule has 0 bridgehead atoms. The van der Waals surface area contributed by atoms with E-state index in [2.05, 4.69) is 0 Å². The van der Waals surface area contributed by atoms with E-state index < -0.39 is 10.0 Å². The summed E-state index contributed by atoms with van der Waals surface area (Å²) in [6, 6.07) is 3.39. The van der Waals surface area contributed by atoms with Crippen LogP contribution >= 0.6 is 22.9 Å². The van der Waals surface area contributed by atoms with E-state index in [0.29, 0.717) is 18.1 Å². The lowest BCUT2D eigenvalue weighted by atomic mass is 10.3. The van der Waals surface area contributed by atoms with Gasteiger partial charge in [-0.05, 0) is 29.3 Å². The van der Waals surface area contributed by atoms with E-state index >= 15 is 0 Å². The lowest BCUT2D eigenvalue weighted by Crippen LogP contribution is -2.26. The third kappa shape index (κ3) is 3.02. The smallest absolute Gasteiger partial charge is 0.246 e. The van der Waals surface area contributed by atoms with E-state index in [1.165, 1.54) is 10.4 Å². The Labute approximate surface area is 121 Å². The Balaban J connectivity index is 2.28. The number of aryl methyl sites for hydroxylation is 1. The normalized spacial score (nSPS) is 12.2. The summed E-state index contributed by atoms with van der Waals surface area (Å²) in [7, 11) is -1.99. The third-order valence-corrected chi connectivity index (χ3v) is 5.63. The number of hydrogen-bond acceptors (Lipinski definition) is 4. The quantitative estimate of drug-likeness (QED) is 0.795. The van der Waals surface area contributed by atoms with Crippen LogP contribution in [0.15, 0.2) is 32.2 Å². The Morgan fingerprint density at radius 1 is 1.47 bits per heavy atom. The highest BCUT2D eigenvalue weighted by Gasteiger charge is 2.26. The molecular weight excluding hydrogens is 306 g/mol. The van der Waals surface area contributed by atoms with E-state index in [0.717, 1.165) is 5.56 Å². The minimum Gasteiger partial charge on any atom is -0.464 e. The maximum atomic E-state index is 12.4. The summed E-state index contributed by atoms with van der Waals surface area (Å²) in [6.07, 6.45) is 0. The van der Waals surface area contributed by atoms with Gasteiger partial charge >= 0.3 is 0 Å². The maximum Gasteiger partial charge on any atom is 0.246 e. The van der Waals surface area contributed by atoms with Gasteiger partial charge in [0.1, 0.15) is 16.4 Å². The average molecular weight is 320 g/mol. The highest BCUT2D eigenvalue weighted by atomic mass is 35.5. The Morgan fingerprint density at radius 3 is 2.74 bits per heavy atom. The number of halogens is 1. The Hall–Kier alpha value is -0.820. The standard InChI is InChI=1S/C12H14ClNO3S2/c1-9-12(5-11(6-13)17-9)19(15,16)14(2)7-10-3-4-18-8-10/h3-5,8H,6-7H2,1-2H3. The summed E-state index contributed by atoms with van der Waals surface area (Å²) in [4.78, 5) is 0.181. The van der Waals surface area contributed by atoms with Crippen LogP contribution in [0.2, 0.25) is 0 Å². The van der Waals surface area contributed by atoms with E-state index in [1.807, 2.05) is 16.8 Å². The highest BCUT2D eigenvalue weighted by molar-refractivity contribution is 7.89. The second kappa shape index (κ2) is 5.66. The van der Waals surface area contributed by atoms with Crippen LogP contribution in [0.5, 0.6) is 0 Å². The molecule has 0 saturated heterocycles. The molecule has 0 aliphatic rings. The number of sulfonamides is 1. The molecule has 0 aliphatic carbocycles. The minimum atomic E-state index is -3.55. The first kappa shape index (κ1) is 14.6. The van der Waals surface area contributed by atoms with Gasteiger partial charge in [-0.1, -0.05) is 0 Å². The molecule has 2 rings (SSSR count). The summed E-state index contributed by atoms with van der Waals surface area (Å²) in [5.74, 6) is 0.986. The van der Waals surface area contributed by atoms with Gasteiger partial charge in [0.15, 0.2) is 0 Å². The summed E-state index contributed by atoms with van der Waals surface area (Å²) in [6.45, 7) is 1.97. The second-order valence-corrected chi connectivity index (χ2v) is 7.22. The van der Waals surface area contributed by atoms with Crippen molar-refractivity contribution < 1.29 is 12.8 Å². The molecule has 0 N–H and O–H groups in total. The molecule has 2 heterocycles. The largest absolute Gasteiger partial charge is 0.464 e.